The van der Waals surface area contributed by atoms with Crippen LogP contribution < -0.4 is 15.8 Å². The van der Waals surface area contributed by atoms with Gasteiger partial charge >= 0.3 is 0 Å². The molecule has 1 saturated heterocycles. The first-order chi connectivity index (χ1) is 10.1. The molecule has 21 heavy (non-hydrogen) atoms. The van der Waals surface area contributed by atoms with Crippen LogP contribution in [0.4, 0.5) is 5.69 Å². The van der Waals surface area contributed by atoms with Gasteiger partial charge in [0.05, 0.1) is 17.7 Å². The third kappa shape index (κ3) is 4.33. The molecule has 1 aromatic carbocycles. The van der Waals surface area contributed by atoms with Crippen LogP contribution in [0.1, 0.15) is 26.2 Å². The van der Waals surface area contributed by atoms with Crippen molar-refractivity contribution in [2.75, 3.05) is 18.5 Å². The lowest BCUT2D eigenvalue weighted by atomic mass is 10.2. The third-order valence-corrected chi connectivity index (χ3v) is 3.62. The van der Waals surface area contributed by atoms with E-state index in [4.69, 9.17) is 26.8 Å². The number of carbonyl (C=O) groups is 1. The number of nitrogens with one attached hydrogen (secondary N) is 1. The Balaban J connectivity index is 1.93. The highest BCUT2D eigenvalue weighted by Crippen LogP contribution is 2.28. The molecular weight excluding hydrogens is 292 g/mol. The summed E-state index contributed by atoms with van der Waals surface area (Å²) >= 11 is 6.13. The quantitative estimate of drug-likeness (QED) is 0.846. The molecule has 2 rings (SSSR count). The molecular formula is C15H21ClN2O3. The zero-order valence-electron chi connectivity index (χ0n) is 12.1. The average Bonchev–Trinajstić information content (AvgIpc) is 2.95. The van der Waals surface area contributed by atoms with Gasteiger partial charge in [0.1, 0.15) is 11.9 Å². The number of halogens is 1. The van der Waals surface area contributed by atoms with Crippen LogP contribution >= 0.6 is 11.6 Å². The van der Waals surface area contributed by atoms with Crippen LogP contribution in [0, 0.1) is 0 Å². The first-order valence-electron chi connectivity index (χ1n) is 7.22. The summed E-state index contributed by atoms with van der Waals surface area (Å²) in [4.78, 5) is 12.1. The first kappa shape index (κ1) is 16.1. The van der Waals surface area contributed by atoms with Crippen molar-refractivity contribution in [3.63, 3.8) is 0 Å². The monoisotopic (exact) mass is 312 g/mol. The molecule has 0 aliphatic carbocycles. The molecule has 116 valence electrons. The topological polar surface area (TPSA) is 73.6 Å². The lowest BCUT2D eigenvalue weighted by Crippen LogP contribution is -2.29. The van der Waals surface area contributed by atoms with E-state index in [1.165, 1.54) is 0 Å². The Morgan fingerprint density at radius 3 is 2.95 bits per heavy atom. The molecule has 3 N–H and O–H groups in total. The number of anilines is 1. The van der Waals surface area contributed by atoms with Crippen molar-refractivity contribution < 1.29 is 14.3 Å². The van der Waals surface area contributed by atoms with E-state index in [1.54, 1.807) is 18.2 Å². The van der Waals surface area contributed by atoms with Gasteiger partial charge in [-0.3, -0.25) is 4.79 Å². The Labute approximate surface area is 129 Å². The van der Waals surface area contributed by atoms with Gasteiger partial charge in [-0.1, -0.05) is 18.5 Å². The Morgan fingerprint density at radius 1 is 1.52 bits per heavy atom. The van der Waals surface area contributed by atoms with Gasteiger partial charge in [-0.15, -0.1) is 0 Å². The summed E-state index contributed by atoms with van der Waals surface area (Å²) in [5, 5.41) is 3.29. The second-order valence-electron chi connectivity index (χ2n) is 5.04. The summed E-state index contributed by atoms with van der Waals surface area (Å²) in [5.74, 6) is 0.459. The second kappa shape index (κ2) is 7.64. The second-order valence-corrected chi connectivity index (χ2v) is 5.45. The van der Waals surface area contributed by atoms with Crippen molar-refractivity contribution >= 4 is 23.2 Å². The van der Waals surface area contributed by atoms with Gasteiger partial charge in [0.15, 0.2) is 0 Å². The van der Waals surface area contributed by atoms with Crippen molar-refractivity contribution in [1.82, 2.24) is 0 Å². The van der Waals surface area contributed by atoms with Gasteiger partial charge in [0, 0.05) is 12.2 Å². The van der Waals surface area contributed by atoms with Crippen molar-refractivity contribution in [3.8, 4) is 5.75 Å². The fourth-order valence-corrected chi connectivity index (χ4v) is 2.44. The Kier molecular flexibility index (Phi) is 5.85. The van der Waals surface area contributed by atoms with E-state index < -0.39 is 6.10 Å². The van der Waals surface area contributed by atoms with E-state index in [9.17, 15) is 4.79 Å². The fraction of sp³-hybridized carbons (Fsp3) is 0.533. The summed E-state index contributed by atoms with van der Waals surface area (Å²) in [6.07, 6.45) is 1.97. The van der Waals surface area contributed by atoms with E-state index >= 15 is 0 Å². The highest BCUT2D eigenvalue weighted by atomic mass is 35.5. The molecule has 1 fully saturated rings. The van der Waals surface area contributed by atoms with Gasteiger partial charge in [-0.2, -0.15) is 0 Å². The highest BCUT2D eigenvalue weighted by Gasteiger charge is 2.29. The van der Waals surface area contributed by atoms with Gasteiger partial charge in [-0.25, -0.2) is 0 Å². The van der Waals surface area contributed by atoms with Crippen LogP contribution in [-0.4, -0.2) is 31.3 Å². The predicted octanol–water partition coefficient (Wildman–Crippen LogP) is 2.57. The number of hydrogen-bond donors (Lipinski definition) is 2. The molecule has 2 atom stereocenters. The lowest BCUT2D eigenvalue weighted by Gasteiger charge is -2.14. The summed E-state index contributed by atoms with van der Waals surface area (Å²) < 4.78 is 11.0. The smallest absolute Gasteiger partial charge is 0.253 e. The standard InChI is InChI=1S/C15H21ClN2O3/c1-2-7-20-13-5-3-10(8-12(13)16)18-15(19)14-6-4-11(9-17)21-14/h3,5,8,11,14H,2,4,6-7,9,17H2,1H3,(H,18,19)/t11-,14+/m1/s1. The third-order valence-electron chi connectivity index (χ3n) is 3.32. The molecule has 6 heteroatoms. The van der Waals surface area contributed by atoms with Crippen LogP contribution in [-0.2, 0) is 9.53 Å². The maximum absolute atomic E-state index is 12.1. The van der Waals surface area contributed by atoms with Gasteiger partial charge in [0.25, 0.3) is 5.91 Å². The molecule has 0 unspecified atom stereocenters. The van der Waals surface area contributed by atoms with Gasteiger partial charge in [0.2, 0.25) is 0 Å². The Morgan fingerprint density at radius 2 is 2.33 bits per heavy atom. The van der Waals surface area contributed by atoms with Crippen molar-refractivity contribution in [2.24, 2.45) is 5.73 Å². The minimum Gasteiger partial charge on any atom is -0.492 e. The number of ether oxygens (including phenoxy) is 2. The van der Waals surface area contributed by atoms with Crippen molar-refractivity contribution in [2.45, 2.75) is 38.4 Å². The number of hydrogen-bond acceptors (Lipinski definition) is 4. The van der Waals surface area contributed by atoms with E-state index in [1.807, 2.05) is 6.92 Å². The summed E-state index contributed by atoms with van der Waals surface area (Å²) in [6.45, 7) is 3.08. The summed E-state index contributed by atoms with van der Waals surface area (Å²) in [7, 11) is 0. The molecule has 0 radical (unpaired) electrons. The maximum Gasteiger partial charge on any atom is 0.253 e. The van der Waals surface area contributed by atoms with Crippen LogP contribution in [0.25, 0.3) is 0 Å². The fourth-order valence-electron chi connectivity index (χ4n) is 2.20. The summed E-state index contributed by atoms with van der Waals surface area (Å²) in [5.41, 5.74) is 6.17. The zero-order valence-corrected chi connectivity index (χ0v) is 12.9. The van der Waals surface area contributed by atoms with Crippen LogP contribution in [0.3, 0.4) is 0 Å². The predicted molar refractivity (Wildman–Crippen MR) is 82.8 cm³/mol. The average molecular weight is 313 g/mol. The number of amides is 1. The van der Waals surface area contributed by atoms with E-state index in [2.05, 4.69) is 5.32 Å². The van der Waals surface area contributed by atoms with E-state index in [0.29, 0.717) is 36.0 Å². The van der Waals surface area contributed by atoms with Crippen LogP contribution in [0.2, 0.25) is 5.02 Å². The largest absolute Gasteiger partial charge is 0.492 e. The Hall–Kier alpha value is -1.30. The molecule has 0 aromatic heterocycles. The van der Waals surface area contributed by atoms with Crippen molar-refractivity contribution in [1.29, 1.82) is 0 Å². The zero-order chi connectivity index (χ0) is 15.2. The lowest BCUT2D eigenvalue weighted by molar-refractivity contribution is -0.126. The van der Waals surface area contributed by atoms with E-state index in [-0.39, 0.29) is 12.0 Å². The molecule has 0 saturated carbocycles. The maximum atomic E-state index is 12.1. The Bertz CT molecular complexity index is 496. The minimum absolute atomic E-state index is 0.0193. The molecule has 0 spiro atoms. The number of nitrogens with two attached hydrogens (primary N) is 1. The van der Waals surface area contributed by atoms with E-state index in [0.717, 1.165) is 12.8 Å². The normalized spacial score (nSPS) is 21.3. The molecule has 1 aliphatic heterocycles. The van der Waals surface area contributed by atoms with Crippen molar-refractivity contribution in [3.05, 3.63) is 23.2 Å². The summed E-state index contributed by atoms with van der Waals surface area (Å²) in [6, 6.07) is 5.20. The minimum atomic E-state index is -0.437. The first-order valence-corrected chi connectivity index (χ1v) is 7.60. The molecule has 1 amide bonds. The van der Waals surface area contributed by atoms with Crippen LogP contribution in [0.5, 0.6) is 5.75 Å². The molecule has 1 aromatic rings. The number of carbonyl (C=O) groups excluding carboxylic acids is 1. The highest BCUT2D eigenvalue weighted by molar-refractivity contribution is 6.32. The molecule has 1 aliphatic rings. The van der Waals surface area contributed by atoms with Gasteiger partial charge in [-0.05, 0) is 37.5 Å². The van der Waals surface area contributed by atoms with Crippen LogP contribution in [0.15, 0.2) is 18.2 Å². The van der Waals surface area contributed by atoms with Gasteiger partial charge < -0.3 is 20.5 Å². The molecule has 1 heterocycles. The number of benzene rings is 1. The SMILES string of the molecule is CCCOc1ccc(NC(=O)[C@@H]2CC[C@H](CN)O2)cc1Cl. The number of rotatable bonds is 6. The molecule has 5 nitrogen and oxygen atoms in total. The molecule has 0 bridgehead atoms.